The van der Waals surface area contributed by atoms with Gasteiger partial charge in [0.25, 0.3) is 5.91 Å². The fourth-order valence-electron chi connectivity index (χ4n) is 3.78. The third-order valence-electron chi connectivity index (χ3n) is 5.20. The summed E-state index contributed by atoms with van der Waals surface area (Å²) >= 11 is 2.96. The molecule has 2 aromatic carbocycles. The maximum atomic E-state index is 13.0. The number of amides is 1. The minimum atomic E-state index is -0.109. The summed E-state index contributed by atoms with van der Waals surface area (Å²) in [6.45, 7) is 2.01. The van der Waals surface area contributed by atoms with E-state index in [2.05, 4.69) is 15.2 Å². The molecular weight excluding hydrogens is 400 g/mol. The number of thiophene rings is 1. The highest BCUT2D eigenvalue weighted by Gasteiger charge is 2.21. The first-order chi connectivity index (χ1) is 14.2. The molecule has 1 N–H and O–H groups in total. The summed E-state index contributed by atoms with van der Waals surface area (Å²) in [6, 6.07) is 16.0. The van der Waals surface area contributed by atoms with Crippen LogP contribution in [0.15, 0.2) is 53.7 Å². The Bertz CT molecular complexity index is 1210. The lowest BCUT2D eigenvalue weighted by molar-refractivity contribution is 0.103. The molecule has 2 aromatic heterocycles. The Morgan fingerprint density at radius 1 is 1.07 bits per heavy atom. The van der Waals surface area contributed by atoms with E-state index < -0.39 is 0 Å². The van der Waals surface area contributed by atoms with Crippen molar-refractivity contribution >= 4 is 61.5 Å². The predicted octanol–water partition coefficient (Wildman–Crippen LogP) is 5.42. The third kappa shape index (κ3) is 3.45. The van der Waals surface area contributed by atoms with Gasteiger partial charge in [0, 0.05) is 24.2 Å². The number of aromatic nitrogens is 2. The maximum Gasteiger partial charge on any atom is 0.265 e. The Kier molecular flexibility index (Phi) is 4.85. The van der Waals surface area contributed by atoms with Crippen molar-refractivity contribution in [1.82, 2.24) is 9.97 Å². The molecule has 5 nitrogen and oxygen atoms in total. The van der Waals surface area contributed by atoms with Gasteiger partial charge in [0.05, 0.1) is 10.3 Å². The van der Waals surface area contributed by atoms with E-state index in [4.69, 9.17) is 4.98 Å². The van der Waals surface area contributed by atoms with E-state index in [1.54, 1.807) is 0 Å². The van der Waals surface area contributed by atoms with E-state index in [1.807, 2.05) is 54.8 Å². The van der Waals surface area contributed by atoms with Gasteiger partial charge in [0.15, 0.2) is 5.16 Å². The molecule has 3 heterocycles. The maximum absolute atomic E-state index is 13.0. The van der Waals surface area contributed by atoms with Crippen LogP contribution in [0.3, 0.4) is 0 Å². The number of carbonyl (C=O) groups excluding carboxylic acids is 1. The lowest BCUT2D eigenvalue weighted by Gasteiger charge is -2.17. The second-order valence-corrected chi connectivity index (χ2v) is 8.84. The van der Waals surface area contributed by atoms with E-state index in [9.17, 15) is 4.79 Å². The van der Waals surface area contributed by atoms with Gasteiger partial charge in [-0.2, -0.15) is 0 Å². The zero-order chi connectivity index (χ0) is 19.8. The second-order valence-electron chi connectivity index (χ2n) is 7.04. The number of thioether (sulfide) groups is 1. The van der Waals surface area contributed by atoms with Gasteiger partial charge in [-0.15, -0.1) is 11.3 Å². The van der Waals surface area contributed by atoms with Gasteiger partial charge in [-0.05, 0) is 36.6 Å². The van der Waals surface area contributed by atoms with Gasteiger partial charge >= 0.3 is 0 Å². The first-order valence-corrected chi connectivity index (χ1v) is 11.7. The SMILES string of the molecule is CSc1nc(N2CCCC2)c2cc(C(=O)Nc3cccc4ccccc34)sc2n1. The lowest BCUT2D eigenvalue weighted by atomic mass is 10.1. The monoisotopic (exact) mass is 420 g/mol. The van der Waals surface area contributed by atoms with Gasteiger partial charge in [0.1, 0.15) is 10.6 Å². The number of nitrogens with one attached hydrogen (secondary N) is 1. The van der Waals surface area contributed by atoms with Crippen LogP contribution in [0.25, 0.3) is 21.0 Å². The third-order valence-corrected chi connectivity index (χ3v) is 6.78. The predicted molar refractivity (Wildman–Crippen MR) is 123 cm³/mol. The fraction of sp³-hybridized carbons (Fsp3) is 0.227. The van der Waals surface area contributed by atoms with Crippen molar-refractivity contribution in [1.29, 1.82) is 0 Å². The summed E-state index contributed by atoms with van der Waals surface area (Å²) in [5.74, 6) is 0.847. The topological polar surface area (TPSA) is 58.1 Å². The molecule has 0 aliphatic carbocycles. The highest BCUT2D eigenvalue weighted by atomic mass is 32.2. The van der Waals surface area contributed by atoms with Crippen LogP contribution in [-0.4, -0.2) is 35.2 Å². The molecule has 146 valence electrons. The van der Waals surface area contributed by atoms with Gasteiger partial charge in [0.2, 0.25) is 0 Å². The number of anilines is 2. The molecular formula is C22H20N4OS2. The summed E-state index contributed by atoms with van der Waals surface area (Å²) in [4.78, 5) is 26.3. The zero-order valence-corrected chi connectivity index (χ0v) is 17.6. The molecule has 1 fully saturated rings. The summed E-state index contributed by atoms with van der Waals surface area (Å²) in [6.07, 6.45) is 4.34. The number of fused-ring (bicyclic) bond motifs is 2. The molecule has 0 saturated carbocycles. The fourth-order valence-corrected chi connectivity index (χ4v) is 5.12. The summed E-state index contributed by atoms with van der Waals surface area (Å²) in [7, 11) is 0. The highest BCUT2D eigenvalue weighted by Crippen LogP contribution is 2.34. The first kappa shape index (κ1) is 18.4. The molecule has 1 aliphatic heterocycles. The van der Waals surface area contributed by atoms with Crippen LogP contribution in [0.1, 0.15) is 22.5 Å². The van der Waals surface area contributed by atoms with Crippen molar-refractivity contribution in [3.05, 3.63) is 53.4 Å². The molecule has 5 rings (SSSR count). The van der Waals surface area contributed by atoms with Crippen LogP contribution < -0.4 is 10.2 Å². The molecule has 0 bridgehead atoms. The Hall–Kier alpha value is -2.64. The van der Waals surface area contributed by atoms with Gasteiger partial charge in [-0.1, -0.05) is 48.2 Å². The quantitative estimate of drug-likeness (QED) is 0.353. The minimum absolute atomic E-state index is 0.109. The molecule has 7 heteroatoms. The van der Waals surface area contributed by atoms with Crippen LogP contribution >= 0.6 is 23.1 Å². The number of nitrogens with zero attached hydrogens (tertiary/aromatic N) is 3. The van der Waals surface area contributed by atoms with Gasteiger partial charge in [-0.25, -0.2) is 9.97 Å². The molecule has 0 unspecified atom stereocenters. The zero-order valence-electron chi connectivity index (χ0n) is 16.0. The summed E-state index contributed by atoms with van der Waals surface area (Å²) < 4.78 is 0. The average Bonchev–Trinajstić information content (AvgIpc) is 3.43. The standard InChI is InChI=1S/C22H20N4OS2/c1-28-22-24-19(26-11-4-5-12-26)16-13-18(29-21(16)25-22)20(27)23-17-10-6-8-14-7-2-3-9-15(14)17/h2-3,6-10,13H,4-5,11-12H2,1H3,(H,23,27). The van der Waals surface area contributed by atoms with Crippen LogP contribution in [0.2, 0.25) is 0 Å². The second kappa shape index (κ2) is 7.65. The highest BCUT2D eigenvalue weighted by molar-refractivity contribution is 7.98. The van der Waals surface area contributed by atoms with Crippen LogP contribution in [0.5, 0.6) is 0 Å². The van der Waals surface area contributed by atoms with E-state index >= 15 is 0 Å². The van der Waals surface area contributed by atoms with Crippen molar-refractivity contribution in [2.24, 2.45) is 0 Å². The van der Waals surface area contributed by atoms with E-state index in [-0.39, 0.29) is 5.91 Å². The van der Waals surface area contributed by atoms with E-state index in [0.717, 1.165) is 50.7 Å². The van der Waals surface area contributed by atoms with E-state index in [0.29, 0.717) is 4.88 Å². The molecule has 1 saturated heterocycles. The smallest absolute Gasteiger partial charge is 0.265 e. The van der Waals surface area contributed by atoms with Crippen molar-refractivity contribution in [2.45, 2.75) is 18.0 Å². The molecule has 1 amide bonds. The largest absolute Gasteiger partial charge is 0.356 e. The molecule has 29 heavy (non-hydrogen) atoms. The number of carbonyl (C=O) groups is 1. The molecule has 1 aliphatic rings. The first-order valence-electron chi connectivity index (χ1n) is 9.62. The summed E-state index contributed by atoms with van der Waals surface area (Å²) in [5, 5.41) is 6.95. The van der Waals surface area contributed by atoms with Gasteiger partial charge in [-0.3, -0.25) is 4.79 Å². The van der Waals surface area contributed by atoms with Crippen LogP contribution in [-0.2, 0) is 0 Å². The molecule has 0 radical (unpaired) electrons. The Morgan fingerprint density at radius 2 is 1.86 bits per heavy atom. The average molecular weight is 421 g/mol. The van der Waals surface area contributed by atoms with Crippen molar-refractivity contribution in [3.8, 4) is 0 Å². The number of benzene rings is 2. The number of hydrogen-bond acceptors (Lipinski definition) is 6. The molecule has 0 spiro atoms. The molecule has 0 atom stereocenters. The van der Waals surface area contributed by atoms with Crippen LogP contribution in [0, 0.1) is 0 Å². The lowest BCUT2D eigenvalue weighted by Crippen LogP contribution is -2.19. The van der Waals surface area contributed by atoms with Crippen molar-refractivity contribution in [2.75, 3.05) is 29.6 Å². The molecule has 4 aromatic rings. The Balaban J connectivity index is 1.53. The van der Waals surface area contributed by atoms with Crippen LogP contribution in [0.4, 0.5) is 11.5 Å². The minimum Gasteiger partial charge on any atom is -0.356 e. The Labute approximate surface area is 177 Å². The summed E-state index contributed by atoms with van der Waals surface area (Å²) in [5.41, 5.74) is 0.821. The van der Waals surface area contributed by atoms with E-state index in [1.165, 1.54) is 35.9 Å². The Morgan fingerprint density at radius 3 is 2.69 bits per heavy atom. The number of rotatable bonds is 4. The normalized spacial score (nSPS) is 14.0. The van der Waals surface area contributed by atoms with Crippen molar-refractivity contribution < 1.29 is 4.79 Å². The van der Waals surface area contributed by atoms with Gasteiger partial charge < -0.3 is 10.2 Å². The number of hydrogen-bond donors (Lipinski definition) is 1. The van der Waals surface area contributed by atoms with Crippen molar-refractivity contribution in [3.63, 3.8) is 0 Å².